The van der Waals surface area contributed by atoms with Crippen molar-refractivity contribution in [1.82, 2.24) is 15.5 Å². The SMILES string of the molecule is CCCCC(=O)N(C)CC(=O)NCCCCOCCOCCOCCCCNCCC=O. The van der Waals surface area contributed by atoms with Crippen molar-refractivity contribution in [2.45, 2.75) is 58.3 Å². The third-order valence-electron chi connectivity index (χ3n) is 4.66. The van der Waals surface area contributed by atoms with Crippen LogP contribution in [-0.4, -0.2) is 95.9 Å². The van der Waals surface area contributed by atoms with Gasteiger partial charge in [0.1, 0.15) is 6.29 Å². The second kappa shape index (κ2) is 24.1. The monoisotopic (exact) mass is 459 g/mol. The average molecular weight is 460 g/mol. The second-order valence-electron chi connectivity index (χ2n) is 7.66. The van der Waals surface area contributed by atoms with Gasteiger partial charge in [0.2, 0.25) is 11.8 Å². The Morgan fingerprint density at radius 2 is 1.41 bits per heavy atom. The van der Waals surface area contributed by atoms with E-state index in [9.17, 15) is 14.4 Å². The molecule has 2 amide bonds. The molecular formula is C23H45N3O6. The first-order valence-electron chi connectivity index (χ1n) is 12.0. The van der Waals surface area contributed by atoms with Crippen LogP contribution in [0.1, 0.15) is 58.3 Å². The van der Waals surface area contributed by atoms with Gasteiger partial charge < -0.3 is 34.5 Å². The van der Waals surface area contributed by atoms with Crippen LogP contribution in [0.2, 0.25) is 0 Å². The molecule has 0 saturated heterocycles. The van der Waals surface area contributed by atoms with Gasteiger partial charge in [-0.3, -0.25) is 9.59 Å². The summed E-state index contributed by atoms with van der Waals surface area (Å²) in [4.78, 5) is 35.3. The van der Waals surface area contributed by atoms with Gasteiger partial charge in [-0.15, -0.1) is 0 Å². The number of aldehydes is 1. The third-order valence-corrected chi connectivity index (χ3v) is 4.66. The molecule has 0 radical (unpaired) electrons. The molecule has 0 aliphatic rings. The van der Waals surface area contributed by atoms with Crippen LogP contribution in [0, 0.1) is 0 Å². The number of amides is 2. The standard InChI is InChI=1S/C23H45N3O6/c1-3-4-10-23(29)26(2)21-22(28)25-13-6-8-16-31-18-20-32-19-17-30-15-7-5-11-24-12-9-14-27/h14,24H,3-13,15-21H2,1-2H3,(H,25,28). The van der Waals surface area contributed by atoms with Crippen LogP contribution in [0.15, 0.2) is 0 Å². The van der Waals surface area contributed by atoms with E-state index in [0.29, 0.717) is 52.4 Å². The minimum absolute atomic E-state index is 0.0142. The first kappa shape index (κ1) is 30.4. The molecule has 0 aromatic rings. The number of nitrogens with one attached hydrogen (secondary N) is 2. The van der Waals surface area contributed by atoms with Gasteiger partial charge in [0.05, 0.1) is 33.0 Å². The second-order valence-corrected chi connectivity index (χ2v) is 7.66. The van der Waals surface area contributed by atoms with Crippen molar-refractivity contribution >= 4 is 18.1 Å². The van der Waals surface area contributed by atoms with E-state index in [2.05, 4.69) is 10.6 Å². The Labute approximate surface area is 193 Å². The number of carbonyl (C=O) groups excluding carboxylic acids is 3. The number of rotatable bonds is 24. The summed E-state index contributed by atoms with van der Waals surface area (Å²) in [7, 11) is 1.67. The minimum Gasteiger partial charge on any atom is -0.379 e. The van der Waals surface area contributed by atoms with Crippen LogP contribution in [0.5, 0.6) is 0 Å². The van der Waals surface area contributed by atoms with Gasteiger partial charge in [0.15, 0.2) is 0 Å². The fourth-order valence-electron chi connectivity index (χ4n) is 2.72. The van der Waals surface area contributed by atoms with Crippen LogP contribution in [-0.2, 0) is 28.6 Å². The molecule has 0 aliphatic carbocycles. The van der Waals surface area contributed by atoms with Gasteiger partial charge in [0, 0.05) is 46.2 Å². The highest BCUT2D eigenvalue weighted by Gasteiger charge is 2.11. The summed E-state index contributed by atoms with van der Waals surface area (Å²) in [5.74, 6) is -0.111. The van der Waals surface area contributed by atoms with E-state index >= 15 is 0 Å². The largest absolute Gasteiger partial charge is 0.379 e. The van der Waals surface area contributed by atoms with Crippen LogP contribution < -0.4 is 10.6 Å². The summed E-state index contributed by atoms with van der Waals surface area (Å²) < 4.78 is 16.5. The van der Waals surface area contributed by atoms with E-state index in [1.165, 1.54) is 4.90 Å². The maximum Gasteiger partial charge on any atom is 0.239 e. The van der Waals surface area contributed by atoms with E-state index in [-0.39, 0.29) is 18.4 Å². The molecule has 2 N–H and O–H groups in total. The first-order valence-corrected chi connectivity index (χ1v) is 12.0. The number of likely N-dealkylation sites (N-methyl/N-ethyl adjacent to an activating group) is 1. The van der Waals surface area contributed by atoms with Gasteiger partial charge in [-0.25, -0.2) is 0 Å². The molecule has 9 heteroatoms. The van der Waals surface area contributed by atoms with Crippen molar-refractivity contribution in [2.75, 3.05) is 72.9 Å². The lowest BCUT2D eigenvalue weighted by molar-refractivity contribution is -0.134. The molecule has 0 unspecified atom stereocenters. The fourth-order valence-corrected chi connectivity index (χ4v) is 2.72. The molecule has 0 fully saturated rings. The maximum atomic E-state index is 11.8. The lowest BCUT2D eigenvalue weighted by Gasteiger charge is -2.16. The van der Waals surface area contributed by atoms with Gasteiger partial charge in [0.25, 0.3) is 0 Å². The molecule has 0 atom stereocenters. The summed E-state index contributed by atoms with van der Waals surface area (Å²) in [5, 5.41) is 6.03. The van der Waals surface area contributed by atoms with Gasteiger partial charge >= 0.3 is 0 Å². The van der Waals surface area contributed by atoms with Gasteiger partial charge in [-0.2, -0.15) is 0 Å². The van der Waals surface area contributed by atoms with Gasteiger partial charge in [-0.05, 0) is 38.6 Å². The summed E-state index contributed by atoms with van der Waals surface area (Å²) >= 11 is 0. The quantitative estimate of drug-likeness (QED) is 0.167. The summed E-state index contributed by atoms with van der Waals surface area (Å²) in [6.07, 6.45) is 7.53. The normalized spacial score (nSPS) is 10.8. The molecule has 0 bridgehead atoms. The zero-order valence-electron chi connectivity index (χ0n) is 20.2. The number of unbranched alkanes of at least 4 members (excludes halogenated alkanes) is 3. The molecule has 9 nitrogen and oxygen atoms in total. The van der Waals surface area contributed by atoms with Crippen molar-refractivity contribution in [3.63, 3.8) is 0 Å². The van der Waals surface area contributed by atoms with E-state index in [1.54, 1.807) is 7.05 Å². The highest BCUT2D eigenvalue weighted by molar-refractivity contribution is 5.84. The highest BCUT2D eigenvalue weighted by atomic mass is 16.5. The molecule has 0 heterocycles. The first-order chi connectivity index (χ1) is 15.6. The molecule has 32 heavy (non-hydrogen) atoms. The van der Waals surface area contributed by atoms with E-state index < -0.39 is 0 Å². The summed E-state index contributed by atoms with van der Waals surface area (Å²) in [5.41, 5.74) is 0. The molecule has 0 spiro atoms. The Balaban J connectivity index is 3.27. The maximum absolute atomic E-state index is 11.8. The van der Waals surface area contributed by atoms with E-state index in [1.807, 2.05) is 6.92 Å². The molecule has 0 aromatic heterocycles. The molecule has 0 saturated carbocycles. The minimum atomic E-state index is -0.125. The summed E-state index contributed by atoms with van der Waals surface area (Å²) in [6, 6.07) is 0. The molecular weight excluding hydrogens is 414 g/mol. The Kier molecular flexibility index (Phi) is 22.9. The lowest BCUT2D eigenvalue weighted by Crippen LogP contribution is -2.38. The Hall–Kier alpha value is -1.55. The molecule has 0 rings (SSSR count). The van der Waals surface area contributed by atoms with Crippen molar-refractivity contribution in [3.8, 4) is 0 Å². The van der Waals surface area contributed by atoms with Crippen molar-refractivity contribution in [3.05, 3.63) is 0 Å². The highest BCUT2D eigenvalue weighted by Crippen LogP contribution is 1.98. The van der Waals surface area contributed by atoms with Crippen LogP contribution in [0.4, 0.5) is 0 Å². The zero-order chi connectivity index (χ0) is 23.7. The Bertz CT molecular complexity index is 465. The number of hydrogen-bond donors (Lipinski definition) is 2. The third kappa shape index (κ3) is 21.7. The fraction of sp³-hybridized carbons (Fsp3) is 0.870. The smallest absolute Gasteiger partial charge is 0.239 e. The van der Waals surface area contributed by atoms with Crippen molar-refractivity contribution in [1.29, 1.82) is 0 Å². The van der Waals surface area contributed by atoms with Crippen molar-refractivity contribution < 1.29 is 28.6 Å². The number of hydrogen-bond acceptors (Lipinski definition) is 7. The number of carbonyl (C=O) groups is 3. The van der Waals surface area contributed by atoms with Crippen LogP contribution in [0.3, 0.4) is 0 Å². The topological polar surface area (TPSA) is 106 Å². The van der Waals surface area contributed by atoms with Crippen molar-refractivity contribution in [2.24, 2.45) is 0 Å². The predicted octanol–water partition coefficient (Wildman–Crippen LogP) is 1.54. The van der Waals surface area contributed by atoms with Crippen LogP contribution >= 0.6 is 0 Å². The predicted molar refractivity (Wildman–Crippen MR) is 125 cm³/mol. The number of nitrogens with zero attached hydrogens (tertiary/aromatic N) is 1. The average Bonchev–Trinajstić information content (AvgIpc) is 2.78. The molecule has 0 aromatic carbocycles. The lowest BCUT2D eigenvalue weighted by atomic mass is 10.2. The van der Waals surface area contributed by atoms with Crippen LogP contribution in [0.25, 0.3) is 0 Å². The molecule has 0 aliphatic heterocycles. The van der Waals surface area contributed by atoms with E-state index in [4.69, 9.17) is 14.2 Å². The van der Waals surface area contributed by atoms with Gasteiger partial charge in [-0.1, -0.05) is 13.3 Å². The Morgan fingerprint density at radius 3 is 2.00 bits per heavy atom. The zero-order valence-corrected chi connectivity index (χ0v) is 20.2. The Morgan fingerprint density at radius 1 is 0.812 bits per heavy atom. The summed E-state index contributed by atoms with van der Waals surface area (Å²) in [6.45, 7) is 7.97. The van der Waals surface area contributed by atoms with E-state index in [0.717, 1.165) is 64.5 Å². The molecule has 188 valence electrons. The number of ether oxygens (including phenoxy) is 3.